The number of likely N-dealkylation sites (tertiary alicyclic amines) is 1. The summed E-state index contributed by atoms with van der Waals surface area (Å²) >= 11 is 6.02. The van der Waals surface area contributed by atoms with E-state index in [9.17, 15) is 9.90 Å². The van der Waals surface area contributed by atoms with Gasteiger partial charge in [-0.2, -0.15) is 0 Å². The molecular weight excluding hydrogens is 230 g/mol. The van der Waals surface area contributed by atoms with E-state index in [2.05, 4.69) is 0 Å². The minimum atomic E-state index is -1.03. The van der Waals surface area contributed by atoms with Crippen molar-refractivity contribution in [3.8, 4) is 0 Å². The van der Waals surface area contributed by atoms with Crippen LogP contribution in [0.2, 0.25) is 5.02 Å². The highest BCUT2D eigenvalue weighted by Gasteiger charge is 2.36. The third-order valence-corrected chi connectivity index (χ3v) is 3.13. The minimum Gasteiger partial charge on any atom is -0.465 e. The zero-order chi connectivity index (χ0) is 11.7. The van der Waals surface area contributed by atoms with Crippen LogP contribution in [0, 0.1) is 0 Å². The lowest BCUT2D eigenvalue weighted by Gasteiger charge is -2.22. The van der Waals surface area contributed by atoms with Gasteiger partial charge in [0.15, 0.2) is 0 Å². The first-order valence-corrected chi connectivity index (χ1v) is 5.39. The van der Waals surface area contributed by atoms with Crippen molar-refractivity contribution < 1.29 is 15.0 Å². The van der Waals surface area contributed by atoms with Gasteiger partial charge in [-0.3, -0.25) is 4.90 Å². The van der Waals surface area contributed by atoms with Gasteiger partial charge in [-0.25, -0.2) is 4.79 Å². The summed E-state index contributed by atoms with van der Waals surface area (Å²) in [5, 5.41) is 19.1. The number of nitrogens with zero attached hydrogens (tertiary/aromatic N) is 1. The Morgan fingerprint density at radius 1 is 1.44 bits per heavy atom. The highest BCUT2D eigenvalue weighted by atomic mass is 35.5. The first-order valence-electron chi connectivity index (χ1n) is 5.01. The molecule has 5 heteroatoms. The van der Waals surface area contributed by atoms with Crippen molar-refractivity contribution in [3.05, 3.63) is 34.9 Å². The van der Waals surface area contributed by atoms with Crippen molar-refractivity contribution in [2.75, 3.05) is 6.54 Å². The Balaban J connectivity index is 2.33. The van der Waals surface area contributed by atoms with Crippen LogP contribution in [-0.4, -0.2) is 33.9 Å². The minimum absolute atomic E-state index is 0.144. The predicted molar refractivity (Wildman–Crippen MR) is 59.5 cm³/mol. The largest absolute Gasteiger partial charge is 0.465 e. The fourth-order valence-electron chi connectivity index (χ4n) is 2.07. The molecule has 16 heavy (non-hydrogen) atoms. The smallest absolute Gasteiger partial charge is 0.407 e. The van der Waals surface area contributed by atoms with Crippen molar-refractivity contribution in [1.29, 1.82) is 0 Å². The molecule has 1 heterocycles. The summed E-state index contributed by atoms with van der Waals surface area (Å²) in [4.78, 5) is 12.2. The molecular formula is C11H12ClNO3. The van der Waals surface area contributed by atoms with Gasteiger partial charge in [-0.05, 0) is 18.1 Å². The van der Waals surface area contributed by atoms with Crippen LogP contribution >= 0.6 is 11.6 Å². The second kappa shape index (κ2) is 4.31. The number of halogens is 1. The molecule has 1 aliphatic heterocycles. The quantitative estimate of drug-likeness (QED) is 0.792. The molecule has 2 atom stereocenters. The monoisotopic (exact) mass is 241 g/mol. The predicted octanol–water partition coefficient (Wildman–Crippen LogP) is 2.13. The van der Waals surface area contributed by atoms with Gasteiger partial charge in [-0.15, -0.1) is 0 Å². The highest BCUT2D eigenvalue weighted by molar-refractivity contribution is 6.31. The number of aliphatic hydroxyl groups excluding tert-OH is 1. The zero-order valence-corrected chi connectivity index (χ0v) is 9.26. The average molecular weight is 242 g/mol. The molecule has 0 aromatic heterocycles. The molecule has 1 fully saturated rings. The van der Waals surface area contributed by atoms with Gasteiger partial charge in [0.1, 0.15) is 0 Å². The Morgan fingerprint density at radius 3 is 2.75 bits per heavy atom. The van der Waals surface area contributed by atoms with Crippen LogP contribution in [0.5, 0.6) is 0 Å². The van der Waals surface area contributed by atoms with Crippen LogP contribution in [0.4, 0.5) is 4.79 Å². The van der Waals surface area contributed by atoms with Gasteiger partial charge in [0.05, 0.1) is 18.7 Å². The van der Waals surface area contributed by atoms with E-state index in [0.717, 1.165) is 5.56 Å². The van der Waals surface area contributed by atoms with Crippen molar-refractivity contribution in [3.63, 3.8) is 0 Å². The maximum Gasteiger partial charge on any atom is 0.407 e. The van der Waals surface area contributed by atoms with Gasteiger partial charge in [-0.1, -0.05) is 29.8 Å². The Labute approximate surface area is 98.1 Å². The molecule has 0 aliphatic carbocycles. The molecule has 4 nitrogen and oxygen atoms in total. The van der Waals surface area contributed by atoms with Crippen LogP contribution < -0.4 is 0 Å². The van der Waals surface area contributed by atoms with Gasteiger partial charge in [0.2, 0.25) is 0 Å². The lowest BCUT2D eigenvalue weighted by Crippen LogP contribution is -2.30. The lowest BCUT2D eigenvalue weighted by atomic mass is 10.0. The Hall–Kier alpha value is -1.26. The Morgan fingerprint density at radius 2 is 2.12 bits per heavy atom. The van der Waals surface area contributed by atoms with E-state index in [4.69, 9.17) is 16.7 Å². The third-order valence-electron chi connectivity index (χ3n) is 2.79. The van der Waals surface area contributed by atoms with Gasteiger partial charge in [0.25, 0.3) is 0 Å². The molecule has 0 saturated carbocycles. The molecule has 0 bridgehead atoms. The molecule has 0 spiro atoms. The van der Waals surface area contributed by atoms with E-state index < -0.39 is 12.2 Å². The maximum atomic E-state index is 11.0. The number of benzene rings is 1. The molecule has 2 rings (SSSR count). The number of amides is 1. The van der Waals surface area contributed by atoms with Gasteiger partial charge in [0, 0.05) is 5.02 Å². The average Bonchev–Trinajstić information content (AvgIpc) is 2.61. The number of hydrogen-bond donors (Lipinski definition) is 2. The Kier molecular flexibility index (Phi) is 3.03. The molecule has 2 unspecified atom stereocenters. The van der Waals surface area contributed by atoms with Gasteiger partial charge < -0.3 is 10.2 Å². The summed E-state index contributed by atoms with van der Waals surface area (Å²) in [5.74, 6) is 0. The van der Waals surface area contributed by atoms with Crippen LogP contribution in [-0.2, 0) is 0 Å². The second-order valence-electron chi connectivity index (χ2n) is 3.86. The summed E-state index contributed by atoms with van der Waals surface area (Å²) in [7, 11) is 0. The Bertz CT molecular complexity index is 410. The first kappa shape index (κ1) is 11.2. The molecule has 86 valence electrons. The van der Waals surface area contributed by atoms with Crippen LogP contribution in [0.15, 0.2) is 24.3 Å². The normalized spacial score (nSPS) is 24.8. The van der Waals surface area contributed by atoms with Crippen LogP contribution in [0.1, 0.15) is 18.0 Å². The molecule has 1 saturated heterocycles. The fraction of sp³-hybridized carbons (Fsp3) is 0.364. The standard InChI is InChI=1S/C11H12ClNO3/c12-9-4-2-1-3-8(9)10-5-7(14)6-13(10)11(15)16/h1-4,7,10,14H,5-6H2,(H,15,16). The molecule has 1 amide bonds. The maximum absolute atomic E-state index is 11.0. The first-order chi connectivity index (χ1) is 7.59. The third kappa shape index (κ3) is 1.99. The van der Waals surface area contributed by atoms with E-state index in [1.54, 1.807) is 18.2 Å². The molecule has 0 radical (unpaired) electrons. The lowest BCUT2D eigenvalue weighted by molar-refractivity contribution is 0.131. The van der Waals surface area contributed by atoms with Crippen molar-refractivity contribution in [2.45, 2.75) is 18.6 Å². The molecule has 1 aromatic carbocycles. The van der Waals surface area contributed by atoms with Crippen molar-refractivity contribution in [2.24, 2.45) is 0 Å². The van der Waals surface area contributed by atoms with E-state index in [1.165, 1.54) is 4.90 Å². The molecule has 2 N–H and O–H groups in total. The summed E-state index contributed by atoms with van der Waals surface area (Å²) in [6.45, 7) is 0.144. The zero-order valence-electron chi connectivity index (χ0n) is 8.51. The fourth-order valence-corrected chi connectivity index (χ4v) is 2.33. The van der Waals surface area contributed by atoms with Crippen molar-refractivity contribution in [1.82, 2.24) is 4.90 Å². The topological polar surface area (TPSA) is 60.8 Å². The number of hydrogen-bond acceptors (Lipinski definition) is 2. The highest BCUT2D eigenvalue weighted by Crippen LogP contribution is 2.35. The van der Waals surface area contributed by atoms with Crippen LogP contribution in [0.3, 0.4) is 0 Å². The summed E-state index contributed by atoms with van der Waals surface area (Å²) in [5.41, 5.74) is 0.753. The summed E-state index contributed by atoms with van der Waals surface area (Å²) < 4.78 is 0. The second-order valence-corrected chi connectivity index (χ2v) is 4.27. The summed E-state index contributed by atoms with van der Waals surface area (Å²) in [6.07, 6.45) is -1.24. The van der Waals surface area contributed by atoms with Gasteiger partial charge >= 0.3 is 6.09 Å². The van der Waals surface area contributed by atoms with Crippen LogP contribution in [0.25, 0.3) is 0 Å². The number of β-amino-alcohol motifs (C(OH)–C–C–N with tert-alkyl or cyclic N) is 1. The SMILES string of the molecule is O=C(O)N1CC(O)CC1c1ccccc1Cl. The van der Waals surface area contributed by atoms with Crippen molar-refractivity contribution >= 4 is 17.7 Å². The number of carbonyl (C=O) groups is 1. The van der Waals surface area contributed by atoms with E-state index in [-0.39, 0.29) is 12.6 Å². The number of carboxylic acid groups (broad SMARTS) is 1. The van der Waals surface area contributed by atoms with E-state index in [0.29, 0.717) is 11.4 Å². The number of aliphatic hydroxyl groups is 1. The molecule has 1 aliphatic rings. The van der Waals surface area contributed by atoms with E-state index in [1.807, 2.05) is 6.07 Å². The number of rotatable bonds is 1. The summed E-state index contributed by atoms with van der Waals surface area (Å²) in [6, 6.07) is 6.78. The van der Waals surface area contributed by atoms with E-state index >= 15 is 0 Å². The molecule has 1 aromatic rings.